The van der Waals surface area contributed by atoms with Gasteiger partial charge in [0, 0.05) is 38.8 Å². The van der Waals surface area contributed by atoms with Crippen LogP contribution in [0.5, 0.6) is 0 Å². The molecule has 0 unspecified atom stereocenters. The van der Waals surface area contributed by atoms with Crippen LogP contribution in [-0.2, 0) is 42.8 Å². The summed E-state index contributed by atoms with van der Waals surface area (Å²) >= 11 is 0. The SMILES string of the molecule is C[C@H](CCC(=O)O)O[C@@H]1O[C@@H](C)[C@H](OC(=O)[C@H](C)CNC(N)=O)C[C@H]1OC(=O)CCCCO[C@@H]1O[C@@H](C)[C@H](O)C[C@H]1O. The molecule has 2 fully saturated rings. The summed E-state index contributed by atoms with van der Waals surface area (Å²) in [5.74, 6) is -2.80. The van der Waals surface area contributed by atoms with E-state index in [1.165, 1.54) is 0 Å². The average molecular weight is 607 g/mol. The van der Waals surface area contributed by atoms with Gasteiger partial charge in [0.15, 0.2) is 18.7 Å². The molecule has 0 spiro atoms. The van der Waals surface area contributed by atoms with E-state index in [0.717, 1.165) is 0 Å². The Balaban J connectivity index is 1.90. The number of aliphatic carboxylic acids is 1. The monoisotopic (exact) mass is 606 g/mol. The van der Waals surface area contributed by atoms with Crippen molar-refractivity contribution in [2.45, 2.75) is 128 Å². The molecule has 0 radical (unpaired) electrons. The third kappa shape index (κ3) is 12.4. The number of amides is 2. The molecular formula is C27H46N2O13. The Hall–Kier alpha value is -2.56. The van der Waals surface area contributed by atoms with Crippen LogP contribution >= 0.6 is 0 Å². The average Bonchev–Trinajstić information content (AvgIpc) is 2.91. The highest BCUT2D eigenvalue weighted by molar-refractivity contribution is 5.75. The van der Waals surface area contributed by atoms with E-state index in [0.29, 0.717) is 12.8 Å². The minimum atomic E-state index is -1.01. The Labute approximate surface area is 245 Å². The number of primary amides is 1. The van der Waals surface area contributed by atoms with Gasteiger partial charge >= 0.3 is 23.9 Å². The molecule has 242 valence electrons. The van der Waals surface area contributed by atoms with Gasteiger partial charge in [0.05, 0.1) is 30.3 Å². The first kappa shape index (κ1) is 35.6. The lowest BCUT2D eigenvalue weighted by Gasteiger charge is -2.40. The summed E-state index contributed by atoms with van der Waals surface area (Å²) < 4.78 is 34.1. The van der Waals surface area contributed by atoms with Gasteiger partial charge in [-0.2, -0.15) is 0 Å². The highest BCUT2D eigenvalue weighted by Gasteiger charge is 2.42. The van der Waals surface area contributed by atoms with Crippen LogP contribution in [0.1, 0.15) is 72.6 Å². The van der Waals surface area contributed by atoms with E-state index in [1.807, 2.05) is 0 Å². The first-order chi connectivity index (χ1) is 19.8. The number of aliphatic hydroxyl groups excluding tert-OH is 2. The predicted molar refractivity (Wildman–Crippen MR) is 144 cm³/mol. The molecule has 2 rings (SSSR count). The highest BCUT2D eigenvalue weighted by Crippen LogP contribution is 2.28. The lowest BCUT2D eigenvalue weighted by Crippen LogP contribution is -2.51. The van der Waals surface area contributed by atoms with Crippen molar-refractivity contribution in [2.24, 2.45) is 11.7 Å². The third-order valence-electron chi connectivity index (χ3n) is 7.05. The van der Waals surface area contributed by atoms with E-state index in [1.54, 1.807) is 27.7 Å². The van der Waals surface area contributed by atoms with Crippen molar-refractivity contribution in [2.75, 3.05) is 13.2 Å². The number of aliphatic hydroxyl groups is 2. The fourth-order valence-electron chi connectivity index (χ4n) is 4.40. The van der Waals surface area contributed by atoms with Crippen LogP contribution < -0.4 is 11.1 Å². The number of esters is 2. The molecule has 15 heteroatoms. The molecule has 2 saturated heterocycles. The van der Waals surface area contributed by atoms with Gasteiger partial charge in [-0.15, -0.1) is 0 Å². The second kappa shape index (κ2) is 17.5. The molecule has 0 aromatic rings. The van der Waals surface area contributed by atoms with Crippen LogP contribution in [0.2, 0.25) is 0 Å². The zero-order chi connectivity index (χ0) is 31.4. The van der Waals surface area contributed by atoms with Crippen LogP contribution in [0.4, 0.5) is 4.79 Å². The van der Waals surface area contributed by atoms with Crippen molar-refractivity contribution < 1.29 is 62.9 Å². The molecule has 0 aromatic carbocycles. The molecule has 6 N–H and O–H groups in total. The smallest absolute Gasteiger partial charge is 0.312 e. The topological polar surface area (TPSA) is 222 Å². The summed E-state index contributed by atoms with van der Waals surface area (Å²) in [5, 5.41) is 31.1. The number of rotatable bonds is 16. The van der Waals surface area contributed by atoms with Gasteiger partial charge < -0.3 is 54.8 Å². The largest absolute Gasteiger partial charge is 0.481 e. The number of carboxylic acids is 1. The Bertz CT molecular complexity index is 890. The molecule has 10 atom stereocenters. The van der Waals surface area contributed by atoms with Gasteiger partial charge in [-0.1, -0.05) is 6.92 Å². The predicted octanol–water partition coefficient (Wildman–Crippen LogP) is 0.563. The van der Waals surface area contributed by atoms with Gasteiger partial charge in [-0.25, -0.2) is 4.79 Å². The summed E-state index contributed by atoms with van der Waals surface area (Å²) in [5.41, 5.74) is 5.06. The van der Waals surface area contributed by atoms with Crippen molar-refractivity contribution in [3.63, 3.8) is 0 Å². The number of nitrogens with two attached hydrogens (primary N) is 1. The first-order valence-corrected chi connectivity index (χ1v) is 14.4. The molecule has 0 bridgehead atoms. The van der Waals surface area contributed by atoms with E-state index < -0.39 is 85.2 Å². The van der Waals surface area contributed by atoms with Crippen LogP contribution in [0.15, 0.2) is 0 Å². The van der Waals surface area contributed by atoms with Gasteiger partial charge in [0.2, 0.25) is 0 Å². The van der Waals surface area contributed by atoms with Gasteiger partial charge in [0.1, 0.15) is 12.2 Å². The van der Waals surface area contributed by atoms with Crippen molar-refractivity contribution >= 4 is 23.9 Å². The van der Waals surface area contributed by atoms with E-state index in [2.05, 4.69) is 5.32 Å². The Morgan fingerprint density at radius 2 is 1.62 bits per heavy atom. The van der Waals surface area contributed by atoms with Crippen molar-refractivity contribution in [3.05, 3.63) is 0 Å². The minimum Gasteiger partial charge on any atom is -0.481 e. The zero-order valence-electron chi connectivity index (χ0n) is 24.6. The van der Waals surface area contributed by atoms with E-state index >= 15 is 0 Å². The number of ether oxygens (including phenoxy) is 6. The van der Waals surface area contributed by atoms with Crippen molar-refractivity contribution in [3.8, 4) is 0 Å². The Morgan fingerprint density at radius 1 is 0.929 bits per heavy atom. The van der Waals surface area contributed by atoms with Crippen molar-refractivity contribution in [1.82, 2.24) is 5.32 Å². The molecule has 2 heterocycles. The summed E-state index contributed by atoms with van der Waals surface area (Å²) in [4.78, 5) is 47.2. The number of carbonyl (C=O) groups excluding carboxylic acids is 3. The van der Waals surface area contributed by atoms with Crippen LogP contribution in [-0.4, -0.2) is 108 Å². The normalized spacial score (nSPS) is 31.0. The minimum absolute atomic E-state index is 0.0160. The van der Waals surface area contributed by atoms with Gasteiger partial charge in [0.25, 0.3) is 0 Å². The van der Waals surface area contributed by atoms with E-state index in [4.69, 9.17) is 39.3 Å². The third-order valence-corrected chi connectivity index (χ3v) is 7.05. The molecule has 15 nitrogen and oxygen atoms in total. The number of unbranched alkanes of at least 4 members (excludes halogenated alkanes) is 1. The maximum atomic E-state index is 12.7. The standard InChI is InChI=1S/C27H46N2O13/c1-14(13-29-27(28)36)24(35)42-20-12-21(26(40-17(20)4)38-15(2)8-9-22(32)33)41-23(34)7-5-6-10-37-25-19(31)11-18(30)16(3)39-25/h14-21,25-26,30-31H,5-13H2,1-4H3,(H,32,33)(H3,28,29,36)/t14-,15-,16+,17+,18-,19-,20-,21-,25-,26-/m1/s1. The van der Waals surface area contributed by atoms with Crippen LogP contribution in [0, 0.1) is 5.92 Å². The summed E-state index contributed by atoms with van der Waals surface area (Å²) in [6, 6.07) is -0.770. The number of nitrogens with one attached hydrogen (secondary N) is 1. The number of carboxylic acid groups (broad SMARTS) is 1. The lowest BCUT2D eigenvalue weighted by atomic mass is 10.0. The Kier molecular flexibility index (Phi) is 14.9. The maximum absolute atomic E-state index is 12.7. The second-order valence-corrected chi connectivity index (χ2v) is 10.9. The molecule has 42 heavy (non-hydrogen) atoms. The number of urea groups is 1. The van der Waals surface area contributed by atoms with Crippen LogP contribution in [0.25, 0.3) is 0 Å². The first-order valence-electron chi connectivity index (χ1n) is 14.4. The molecule has 2 amide bonds. The molecular weight excluding hydrogens is 560 g/mol. The summed E-state index contributed by atoms with van der Waals surface area (Å²) in [6.45, 7) is 6.82. The van der Waals surface area contributed by atoms with E-state index in [-0.39, 0.29) is 45.3 Å². The quantitative estimate of drug-likeness (QED) is 0.120. The number of hydrogen-bond donors (Lipinski definition) is 5. The summed E-state index contributed by atoms with van der Waals surface area (Å²) in [7, 11) is 0. The lowest BCUT2D eigenvalue weighted by molar-refractivity contribution is -0.280. The summed E-state index contributed by atoms with van der Waals surface area (Å²) in [6.07, 6.45) is -5.66. The molecule has 0 saturated carbocycles. The number of carbonyl (C=O) groups is 4. The van der Waals surface area contributed by atoms with Gasteiger partial charge in [-0.05, 0) is 40.0 Å². The number of hydrogen-bond acceptors (Lipinski definition) is 12. The fourth-order valence-corrected chi connectivity index (χ4v) is 4.40. The van der Waals surface area contributed by atoms with Gasteiger partial charge in [-0.3, -0.25) is 14.4 Å². The molecule has 0 aliphatic carbocycles. The second-order valence-electron chi connectivity index (χ2n) is 10.9. The molecule has 2 aliphatic heterocycles. The van der Waals surface area contributed by atoms with Crippen molar-refractivity contribution in [1.29, 1.82) is 0 Å². The Morgan fingerprint density at radius 3 is 2.29 bits per heavy atom. The molecule has 0 aromatic heterocycles. The van der Waals surface area contributed by atoms with E-state index in [9.17, 15) is 29.4 Å². The fraction of sp³-hybridized carbons (Fsp3) is 0.852. The maximum Gasteiger partial charge on any atom is 0.312 e. The van der Waals surface area contributed by atoms with Crippen LogP contribution in [0.3, 0.4) is 0 Å². The highest BCUT2D eigenvalue weighted by atomic mass is 16.7. The zero-order valence-corrected chi connectivity index (χ0v) is 24.6. The molecule has 2 aliphatic rings.